The number of carbonyl (C=O) groups excluding carboxylic acids is 2. The summed E-state index contributed by atoms with van der Waals surface area (Å²) in [6.07, 6.45) is 2.35. The Bertz CT molecular complexity index is 764. The summed E-state index contributed by atoms with van der Waals surface area (Å²) in [6, 6.07) is 12.6. The predicted octanol–water partition coefficient (Wildman–Crippen LogP) is 4.79. The van der Waals surface area contributed by atoms with Crippen molar-refractivity contribution in [2.75, 3.05) is 6.54 Å². The normalized spacial score (nSPS) is 18.1. The smallest absolute Gasteiger partial charge is 0.260 e. The van der Waals surface area contributed by atoms with E-state index in [-0.39, 0.29) is 22.9 Å². The molecule has 0 unspecified atom stereocenters. The van der Waals surface area contributed by atoms with Crippen LogP contribution in [0.2, 0.25) is 5.02 Å². The monoisotopic (exact) mass is 377 g/mol. The molecule has 25 heavy (non-hydrogen) atoms. The molecule has 1 fully saturated rings. The number of nitrogens with zero attached hydrogens (tertiary/aromatic N) is 1. The van der Waals surface area contributed by atoms with Crippen molar-refractivity contribution in [2.45, 2.75) is 29.4 Å². The first-order valence-corrected chi connectivity index (χ1v) is 9.34. The largest absolute Gasteiger partial charge is 0.278 e. The second-order valence-electron chi connectivity index (χ2n) is 5.86. The molecule has 3 rings (SSSR count). The van der Waals surface area contributed by atoms with E-state index in [1.807, 2.05) is 0 Å². The Hall–Kier alpha value is -1.85. The van der Waals surface area contributed by atoms with Gasteiger partial charge in [0.25, 0.3) is 5.91 Å². The molecule has 0 saturated carbocycles. The highest BCUT2D eigenvalue weighted by molar-refractivity contribution is 8.00. The van der Waals surface area contributed by atoms with Crippen LogP contribution in [0.5, 0.6) is 0 Å². The summed E-state index contributed by atoms with van der Waals surface area (Å²) in [4.78, 5) is 27.8. The molecule has 2 aromatic carbocycles. The van der Waals surface area contributed by atoms with Crippen LogP contribution in [0, 0.1) is 5.82 Å². The zero-order valence-corrected chi connectivity index (χ0v) is 15.0. The molecule has 1 atom stereocenters. The molecule has 1 aliphatic heterocycles. The molecule has 0 N–H and O–H groups in total. The lowest BCUT2D eigenvalue weighted by molar-refractivity contribution is -0.127. The lowest BCUT2D eigenvalue weighted by atomic mass is 10.2. The number of carbonyl (C=O) groups is 2. The summed E-state index contributed by atoms with van der Waals surface area (Å²) in [7, 11) is 0. The van der Waals surface area contributed by atoms with Gasteiger partial charge in [-0.2, -0.15) is 0 Å². The molecule has 1 saturated heterocycles. The highest BCUT2D eigenvalue weighted by Gasteiger charge is 2.32. The third-order valence-electron chi connectivity index (χ3n) is 4.07. The standard InChI is InChI=1S/C19H17ClFNO2S/c20-14-6-4-13(5-7-14)18(23)22-12-2-1-3-17(19(22)24)25-16-10-8-15(21)9-11-16/h4-11,17H,1-3,12H2/t17-/m1/s1. The average molecular weight is 378 g/mol. The van der Waals surface area contributed by atoms with Crippen LogP contribution in [0.25, 0.3) is 0 Å². The first-order chi connectivity index (χ1) is 12.0. The van der Waals surface area contributed by atoms with Crippen molar-refractivity contribution in [3.8, 4) is 0 Å². The van der Waals surface area contributed by atoms with E-state index in [2.05, 4.69) is 0 Å². The Balaban J connectivity index is 1.77. The summed E-state index contributed by atoms with van der Waals surface area (Å²) in [5, 5.41) is 0.202. The van der Waals surface area contributed by atoms with E-state index < -0.39 is 0 Å². The zero-order chi connectivity index (χ0) is 17.8. The molecule has 6 heteroatoms. The Morgan fingerprint density at radius 1 is 1.08 bits per heavy atom. The van der Waals surface area contributed by atoms with Crippen LogP contribution in [0.1, 0.15) is 29.6 Å². The third-order valence-corrected chi connectivity index (χ3v) is 5.59. The highest BCUT2D eigenvalue weighted by Crippen LogP contribution is 2.30. The summed E-state index contributed by atoms with van der Waals surface area (Å²) in [5.74, 6) is -0.795. The topological polar surface area (TPSA) is 37.4 Å². The van der Waals surface area contributed by atoms with Gasteiger partial charge in [0.05, 0.1) is 5.25 Å². The number of hydrogen-bond donors (Lipinski definition) is 0. The van der Waals surface area contributed by atoms with Gasteiger partial charge in [0.2, 0.25) is 5.91 Å². The van der Waals surface area contributed by atoms with Crippen LogP contribution >= 0.6 is 23.4 Å². The quantitative estimate of drug-likeness (QED) is 0.721. The van der Waals surface area contributed by atoms with Gasteiger partial charge in [-0.25, -0.2) is 4.39 Å². The summed E-state index contributed by atoms with van der Waals surface area (Å²) < 4.78 is 13.1. The van der Waals surface area contributed by atoms with Gasteiger partial charge in [-0.15, -0.1) is 11.8 Å². The van der Waals surface area contributed by atoms with E-state index in [0.29, 0.717) is 23.6 Å². The summed E-state index contributed by atoms with van der Waals surface area (Å²) in [6.45, 7) is 0.417. The fourth-order valence-corrected chi connectivity index (χ4v) is 4.00. The Labute approximate surface area is 155 Å². The number of thioether (sulfide) groups is 1. The maximum atomic E-state index is 13.1. The average Bonchev–Trinajstić information content (AvgIpc) is 2.79. The fraction of sp³-hybridized carbons (Fsp3) is 0.263. The molecule has 2 amide bonds. The van der Waals surface area contributed by atoms with E-state index in [0.717, 1.165) is 17.7 Å². The maximum Gasteiger partial charge on any atom is 0.260 e. The van der Waals surface area contributed by atoms with Crippen molar-refractivity contribution in [3.05, 3.63) is 64.9 Å². The second kappa shape index (κ2) is 8.02. The first-order valence-electron chi connectivity index (χ1n) is 8.08. The van der Waals surface area contributed by atoms with Crippen molar-refractivity contribution >= 4 is 35.2 Å². The Morgan fingerprint density at radius 3 is 2.44 bits per heavy atom. The minimum Gasteiger partial charge on any atom is -0.278 e. The highest BCUT2D eigenvalue weighted by atomic mass is 35.5. The molecule has 0 aromatic heterocycles. The van der Waals surface area contributed by atoms with Crippen LogP contribution in [-0.2, 0) is 4.79 Å². The van der Waals surface area contributed by atoms with Gasteiger partial charge in [0, 0.05) is 22.0 Å². The fourth-order valence-electron chi connectivity index (χ4n) is 2.74. The van der Waals surface area contributed by atoms with Crippen LogP contribution in [0.3, 0.4) is 0 Å². The number of benzene rings is 2. The van der Waals surface area contributed by atoms with Crippen molar-refractivity contribution < 1.29 is 14.0 Å². The van der Waals surface area contributed by atoms with Crippen molar-refractivity contribution in [3.63, 3.8) is 0 Å². The lowest BCUT2D eigenvalue weighted by Crippen LogP contribution is -2.41. The van der Waals surface area contributed by atoms with Gasteiger partial charge in [-0.05, 0) is 61.4 Å². The number of likely N-dealkylation sites (tertiary alicyclic amines) is 1. The molecular weight excluding hydrogens is 361 g/mol. The van der Waals surface area contributed by atoms with Crippen LogP contribution in [-0.4, -0.2) is 28.5 Å². The number of imide groups is 1. The van der Waals surface area contributed by atoms with Crippen molar-refractivity contribution in [1.82, 2.24) is 4.90 Å². The van der Waals surface area contributed by atoms with Crippen LogP contribution in [0.4, 0.5) is 4.39 Å². The third kappa shape index (κ3) is 4.41. The van der Waals surface area contributed by atoms with E-state index in [1.54, 1.807) is 36.4 Å². The molecule has 0 radical (unpaired) electrons. The second-order valence-corrected chi connectivity index (χ2v) is 7.57. The van der Waals surface area contributed by atoms with E-state index in [4.69, 9.17) is 11.6 Å². The molecule has 0 bridgehead atoms. The maximum absolute atomic E-state index is 13.1. The Kier molecular flexibility index (Phi) is 5.76. The van der Waals surface area contributed by atoms with E-state index >= 15 is 0 Å². The zero-order valence-electron chi connectivity index (χ0n) is 13.5. The number of hydrogen-bond acceptors (Lipinski definition) is 3. The van der Waals surface area contributed by atoms with Gasteiger partial charge < -0.3 is 0 Å². The van der Waals surface area contributed by atoms with Gasteiger partial charge in [-0.3, -0.25) is 14.5 Å². The minimum atomic E-state index is -0.343. The predicted molar refractivity (Wildman–Crippen MR) is 97.4 cm³/mol. The van der Waals surface area contributed by atoms with Gasteiger partial charge >= 0.3 is 0 Å². The Morgan fingerprint density at radius 2 is 1.76 bits per heavy atom. The molecule has 0 spiro atoms. The summed E-state index contributed by atoms with van der Waals surface area (Å²) in [5.41, 5.74) is 0.449. The van der Waals surface area contributed by atoms with Crippen LogP contribution < -0.4 is 0 Å². The lowest BCUT2D eigenvalue weighted by Gasteiger charge is -2.22. The molecule has 3 nitrogen and oxygen atoms in total. The molecule has 1 heterocycles. The van der Waals surface area contributed by atoms with Gasteiger partial charge in [0.15, 0.2) is 0 Å². The molecule has 130 valence electrons. The summed E-state index contributed by atoms with van der Waals surface area (Å²) >= 11 is 7.24. The molecule has 0 aliphatic carbocycles. The van der Waals surface area contributed by atoms with Crippen molar-refractivity contribution in [1.29, 1.82) is 0 Å². The molecule has 1 aliphatic rings. The SMILES string of the molecule is O=C(c1ccc(Cl)cc1)N1CCCC[C@@H](Sc2ccc(F)cc2)C1=O. The first kappa shape index (κ1) is 18.0. The van der Waals surface area contributed by atoms with Gasteiger partial charge in [0.1, 0.15) is 5.82 Å². The number of rotatable bonds is 3. The van der Waals surface area contributed by atoms with Crippen molar-refractivity contribution in [2.24, 2.45) is 0 Å². The molecule has 2 aromatic rings. The van der Waals surface area contributed by atoms with E-state index in [9.17, 15) is 14.0 Å². The van der Waals surface area contributed by atoms with E-state index in [1.165, 1.54) is 28.8 Å². The molecular formula is C19H17ClFNO2S. The number of amides is 2. The number of halogens is 2. The minimum absolute atomic E-state index is 0.188. The van der Waals surface area contributed by atoms with Gasteiger partial charge in [-0.1, -0.05) is 18.0 Å². The van der Waals surface area contributed by atoms with Crippen LogP contribution in [0.15, 0.2) is 53.4 Å².